The van der Waals surface area contributed by atoms with Gasteiger partial charge in [0.2, 0.25) is 0 Å². The summed E-state index contributed by atoms with van der Waals surface area (Å²) in [5, 5.41) is 2.21. The Kier molecular flexibility index (Phi) is 3.77. The molecule has 2 aromatic rings. The number of aryl methyl sites for hydroxylation is 2. The van der Waals surface area contributed by atoms with Gasteiger partial charge in [-0.3, -0.25) is 0 Å². The van der Waals surface area contributed by atoms with Gasteiger partial charge < -0.3 is 0 Å². The molecule has 0 fully saturated rings. The number of aromatic nitrogens is 1. The van der Waals surface area contributed by atoms with Crippen LogP contribution in [0, 0.1) is 6.92 Å². The molecule has 0 aliphatic heterocycles. The molecule has 19 heavy (non-hydrogen) atoms. The van der Waals surface area contributed by atoms with Crippen molar-refractivity contribution in [1.82, 2.24) is 4.98 Å². The molecule has 1 atom stereocenters. The number of hydrogen-bond acceptors (Lipinski definition) is 2. The van der Waals surface area contributed by atoms with E-state index in [-0.39, 0.29) is 5.41 Å². The SMILES string of the molecule is Cc1ncc(CC2(CBr)CCCc3ccccc32)s1. The lowest BCUT2D eigenvalue weighted by atomic mass is 9.69. The topological polar surface area (TPSA) is 12.9 Å². The Bertz CT molecular complexity index is 578. The molecular formula is C16H18BrNS. The van der Waals surface area contributed by atoms with Crippen LogP contribution in [0.1, 0.15) is 33.9 Å². The van der Waals surface area contributed by atoms with Crippen LogP contribution in [0.2, 0.25) is 0 Å². The molecule has 3 heteroatoms. The molecule has 1 unspecified atom stereocenters. The summed E-state index contributed by atoms with van der Waals surface area (Å²) < 4.78 is 0. The van der Waals surface area contributed by atoms with Gasteiger partial charge in [-0.05, 0) is 43.7 Å². The monoisotopic (exact) mass is 335 g/mol. The largest absolute Gasteiger partial charge is 0.250 e. The van der Waals surface area contributed by atoms with Crippen LogP contribution in [0.5, 0.6) is 0 Å². The van der Waals surface area contributed by atoms with E-state index in [1.165, 1.54) is 34.7 Å². The second-order valence-electron chi connectivity index (χ2n) is 5.45. The van der Waals surface area contributed by atoms with Gasteiger partial charge in [0.15, 0.2) is 0 Å². The highest BCUT2D eigenvalue weighted by atomic mass is 79.9. The highest BCUT2D eigenvalue weighted by Gasteiger charge is 2.36. The Balaban J connectivity index is 2.00. The zero-order valence-electron chi connectivity index (χ0n) is 11.2. The van der Waals surface area contributed by atoms with Crippen LogP contribution < -0.4 is 0 Å². The highest BCUT2D eigenvalue weighted by molar-refractivity contribution is 9.09. The molecule has 3 rings (SSSR count). The summed E-state index contributed by atoms with van der Waals surface area (Å²) in [4.78, 5) is 5.82. The van der Waals surface area contributed by atoms with Crippen LogP contribution in [0.25, 0.3) is 0 Å². The fraction of sp³-hybridized carbons (Fsp3) is 0.438. The van der Waals surface area contributed by atoms with Crippen LogP contribution in [0.15, 0.2) is 30.5 Å². The zero-order chi connectivity index (χ0) is 13.3. The van der Waals surface area contributed by atoms with Crippen molar-refractivity contribution in [3.63, 3.8) is 0 Å². The molecule has 0 spiro atoms. The minimum Gasteiger partial charge on any atom is -0.250 e. The Labute approximate surface area is 127 Å². The quantitative estimate of drug-likeness (QED) is 0.743. The minimum atomic E-state index is 0.258. The predicted molar refractivity (Wildman–Crippen MR) is 85.4 cm³/mol. The Morgan fingerprint density at radius 2 is 2.21 bits per heavy atom. The maximum atomic E-state index is 4.41. The van der Waals surface area contributed by atoms with Crippen LogP contribution in [-0.2, 0) is 18.3 Å². The van der Waals surface area contributed by atoms with E-state index in [9.17, 15) is 0 Å². The van der Waals surface area contributed by atoms with Gasteiger partial charge in [0.05, 0.1) is 5.01 Å². The highest BCUT2D eigenvalue weighted by Crippen LogP contribution is 2.42. The third-order valence-electron chi connectivity index (χ3n) is 4.13. The van der Waals surface area contributed by atoms with Gasteiger partial charge in [-0.2, -0.15) is 0 Å². The smallest absolute Gasteiger partial charge is 0.0896 e. The zero-order valence-corrected chi connectivity index (χ0v) is 13.6. The number of halogens is 1. The van der Waals surface area contributed by atoms with E-state index in [1.54, 1.807) is 5.56 Å². The lowest BCUT2D eigenvalue weighted by Crippen LogP contribution is -2.34. The molecule has 1 aromatic heterocycles. The molecule has 1 aliphatic rings. The van der Waals surface area contributed by atoms with Crippen molar-refractivity contribution in [3.05, 3.63) is 51.5 Å². The fourth-order valence-electron chi connectivity index (χ4n) is 3.20. The Hall–Kier alpha value is -0.670. The van der Waals surface area contributed by atoms with Crippen LogP contribution in [0.3, 0.4) is 0 Å². The first kappa shape index (κ1) is 13.3. The third kappa shape index (κ3) is 2.50. The Morgan fingerprint density at radius 3 is 2.95 bits per heavy atom. The molecule has 0 saturated carbocycles. The van der Waals surface area contributed by atoms with Gasteiger partial charge in [-0.15, -0.1) is 11.3 Å². The third-order valence-corrected chi connectivity index (χ3v) is 6.11. The molecule has 0 saturated heterocycles. The standard InChI is InChI=1S/C16H18BrNS/c1-12-18-10-14(19-12)9-16(11-17)8-4-6-13-5-2-3-7-15(13)16/h2-3,5,7,10H,4,6,8-9,11H2,1H3. The number of thiazole rings is 1. The van der Waals surface area contributed by atoms with E-state index < -0.39 is 0 Å². The first-order valence-electron chi connectivity index (χ1n) is 6.79. The lowest BCUT2D eigenvalue weighted by molar-refractivity contribution is 0.403. The lowest BCUT2D eigenvalue weighted by Gasteiger charge is -2.37. The summed E-state index contributed by atoms with van der Waals surface area (Å²) in [5.41, 5.74) is 3.34. The molecule has 0 bridgehead atoms. The second-order valence-corrected chi connectivity index (χ2v) is 7.33. The summed E-state index contributed by atoms with van der Waals surface area (Å²) in [6.07, 6.45) is 6.96. The van der Waals surface area contributed by atoms with Gasteiger partial charge in [0.1, 0.15) is 0 Å². The van der Waals surface area contributed by atoms with Gasteiger partial charge in [0.25, 0.3) is 0 Å². The number of nitrogens with zero attached hydrogens (tertiary/aromatic N) is 1. The van der Waals surface area contributed by atoms with Crippen molar-refractivity contribution < 1.29 is 0 Å². The number of benzene rings is 1. The van der Waals surface area contributed by atoms with Gasteiger partial charge in [-0.25, -0.2) is 4.98 Å². The normalized spacial score (nSPS) is 22.2. The summed E-state index contributed by atoms with van der Waals surface area (Å²) in [6.45, 7) is 2.09. The first-order chi connectivity index (χ1) is 9.23. The average Bonchev–Trinajstić information content (AvgIpc) is 2.84. The summed E-state index contributed by atoms with van der Waals surface area (Å²) in [7, 11) is 0. The summed E-state index contributed by atoms with van der Waals surface area (Å²) >= 11 is 5.62. The van der Waals surface area contributed by atoms with E-state index in [1.807, 2.05) is 11.3 Å². The number of rotatable bonds is 3. The molecule has 0 amide bonds. The molecular weight excluding hydrogens is 318 g/mol. The maximum Gasteiger partial charge on any atom is 0.0896 e. The molecule has 0 N–H and O–H groups in total. The van der Waals surface area contributed by atoms with Gasteiger partial charge >= 0.3 is 0 Å². The van der Waals surface area contributed by atoms with Crippen molar-refractivity contribution in [2.75, 3.05) is 5.33 Å². The van der Waals surface area contributed by atoms with Crippen molar-refractivity contribution >= 4 is 27.3 Å². The van der Waals surface area contributed by atoms with E-state index in [4.69, 9.17) is 0 Å². The molecule has 1 aromatic carbocycles. The number of fused-ring (bicyclic) bond motifs is 1. The number of hydrogen-bond donors (Lipinski definition) is 0. The van der Waals surface area contributed by atoms with E-state index in [2.05, 4.69) is 58.3 Å². The van der Waals surface area contributed by atoms with Gasteiger partial charge in [0, 0.05) is 21.8 Å². The predicted octanol–water partition coefficient (Wildman–Crippen LogP) is 4.66. The van der Waals surface area contributed by atoms with Crippen LogP contribution in [-0.4, -0.2) is 10.3 Å². The maximum absolute atomic E-state index is 4.41. The molecule has 1 nitrogen and oxygen atoms in total. The first-order valence-corrected chi connectivity index (χ1v) is 8.73. The summed E-state index contributed by atoms with van der Waals surface area (Å²) in [5.74, 6) is 0. The second kappa shape index (κ2) is 5.37. The molecule has 100 valence electrons. The molecule has 0 radical (unpaired) electrons. The van der Waals surface area contributed by atoms with E-state index in [0.29, 0.717) is 0 Å². The van der Waals surface area contributed by atoms with Crippen molar-refractivity contribution in [3.8, 4) is 0 Å². The van der Waals surface area contributed by atoms with Crippen LogP contribution in [0.4, 0.5) is 0 Å². The van der Waals surface area contributed by atoms with E-state index >= 15 is 0 Å². The summed E-state index contributed by atoms with van der Waals surface area (Å²) in [6, 6.07) is 8.97. The molecule has 1 aliphatic carbocycles. The van der Waals surface area contributed by atoms with Crippen molar-refractivity contribution in [2.24, 2.45) is 0 Å². The van der Waals surface area contributed by atoms with Gasteiger partial charge in [-0.1, -0.05) is 40.2 Å². The number of alkyl halides is 1. The van der Waals surface area contributed by atoms with Crippen molar-refractivity contribution in [2.45, 2.75) is 38.0 Å². The van der Waals surface area contributed by atoms with Crippen molar-refractivity contribution in [1.29, 1.82) is 0 Å². The fourth-order valence-corrected chi connectivity index (χ4v) is 4.92. The van der Waals surface area contributed by atoms with E-state index in [0.717, 1.165) is 11.8 Å². The minimum absolute atomic E-state index is 0.258. The Morgan fingerprint density at radius 1 is 1.37 bits per heavy atom. The van der Waals surface area contributed by atoms with Crippen LogP contribution >= 0.6 is 27.3 Å². The molecule has 1 heterocycles. The average molecular weight is 336 g/mol.